The van der Waals surface area contributed by atoms with E-state index in [-0.39, 0.29) is 60.2 Å². The predicted octanol–water partition coefficient (Wildman–Crippen LogP) is 3.27. The molecule has 0 fully saturated rings. The lowest BCUT2D eigenvalue weighted by molar-refractivity contribution is -0.138. The zero-order valence-corrected chi connectivity index (χ0v) is 21.1. The van der Waals surface area contributed by atoms with E-state index in [1.807, 2.05) is 0 Å². The molecule has 7 nitrogen and oxygen atoms in total. The van der Waals surface area contributed by atoms with Gasteiger partial charge < -0.3 is 25.0 Å². The van der Waals surface area contributed by atoms with Crippen molar-refractivity contribution in [1.82, 2.24) is 15.5 Å². The maximum absolute atomic E-state index is 13.6. The molecule has 0 unspecified atom stereocenters. The van der Waals surface area contributed by atoms with Crippen LogP contribution in [0.5, 0.6) is 5.75 Å². The van der Waals surface area contributed by atoms with Crippen molar-refractivity contribution in [1.29, 1.82) is 0 Å². The SMILES string of the molecule is COCCNC(=NCc1ccc(OC(C)(C)C)cc1C(F)(F)F)NCC(=O)N(C)C.I. The van der Waals surface area contributed by atoms with Crippen molar-refractivity contribution in [2.24, 2.45) is 4.99 Å². The van der Waals surface area contributed by atoms with E-state index in [2.05, 4.69) is 15.6 Å². The maximum atomic E-state index is 13.6. The molecule has 0 aliphatic heterocycles. The minimum Gasteiger partial charge on any atom is -0.488 e. The predicted molar refractivity (Wildman–Crippen MR) is 125 cm³/mol. The van der Waals surface area contributed by atoms with Gasteiger partial charge >= 0.3 is 6.18 Å². The number of guanidine groups is 1. The number of amides is 1. The molecule has 1 aromatic carbocycles. The number of carbonyl (C=O) groups excluding carboxylic acids is 1. The molecule has 178 valence electrons. The summed E-state index contributed by atoms with van der Waals surface area (Å²) in [5.74, 6) is 0.150. The Kier molecular flexibility index (Phi) is 12.2. The molecule has 1 amide bonds. The molecule has 31 heavy (non-hydrogen) atoms. The van der Waals surface area contributed by atoms with Gasteiger partial charge in [-0.1, -0.05) is 6.07 Å². The highest BCUT2D eigenvalue weighted by atomic mass is 127. The Morgan fingerprint density at radius 3 is 2.32 bits per heavy atom. The second-order valence-electron chi connectivity index (χ2n) is 7.76. The normalized spacial score (nSPS) is 12.1. The topological polar surface area (TPSA) is 75.2 Å². The first-order valence-electron chi connectivity index (χ1n) is 9.44. The minimum absolute atomic E-state index is 0. The first-order valence-corrected chi connectivity index (χ1v) is 9.44. The number of rotatable bonds is 8. The zero-order valence-electron chi connectivity index (χ0n) is 18.7. The number of hydrogen-bond acceptors (Lipinski definition) is 4. The van der Waals surface area contributed by atoms with Gasteiger partial charge in [0.05, 0.1) is 25.3 Å². The average Bonchev–Trinajstić information content (AvgIpc) is 2.61. The maximum Gasteiger partial charge on any atom is 0.416 e. The van der Waals surface area contributed by atoms with Crippen LogP contribution in [-0.4, -0.2) is 63.3 Å². The van der Waals surface area contributed by atoms with Gasteiger partial charge in [0.25, 0.3) is 0 Å². The van der Waals surface area contributed by atoms with E-state index in [4.69, 9.17) is 9.47 Å². The number of nitrogens with zero attached hydrogens (tertiary/aromatic N) is 2. The van der Waals surface area contributed by atoms with Crippen LogP contribution in [0, 0.1) is 0 Å². The molecule has 0 aromatic heterocycles. The van der Waals surface area contributed by atoms with E-state index < -0.39 is 17.3 Å². The smallest absolute Gasteiger partial charge is 0.416 e. The Morgan fingerprint density at radius 2 is 1.81 bits per heavy atom. The molecule has 0 radical (unpaired) electrons. The molecule has 0 bridgehead atoms. The monoisotopic (exact) mass is 560 g/mol. The number of halogens is 4. The number of hydrogen-bond donors (Lipinski definition) is 2. The lowest BCUT2D eigenvalue weighted by Crippen LogP contribution is -2.43. The van der Waals surface area contributed by atoms with Crippen molar-refractivity contribution < 1.29 is 27.4 Å². The molecule has 0 aliphatic carbocycles. The van der Waals surface area contributed by atoms with Crippen LogP contribution in [0.15, 0.2) is 23.2 Å². The van der Waals surface area contributed by atoms with Crippen LogP contribution in [0.25, 0.3) is 0 Å². The van der Waals surface area contributed by atoms with Crippen molar-refractivity contribution in [2.75, 3.05) is 40.9 Å². The zero-order chi connectivity index (χ0) is 22.9. The third-order valence-electron chi connectivity index (χ3n) is 3.72. The quantitative estimate of drug-likeness (QED) is 0.221. The van der Waals surface area contributed by atoms with E-state index >= 15 is 0 Å². The number of nitrogens with one attached hydrogen (secondary N) is 2. The molecule has 0 heterocycles. The van der Waals surface area contributed by atoms with Gasteiger partial charge in [0.2, 0.25) is 5.91 Å². The van der Waals surface area contributed by atoms with Crippen molar-refractivity contribution in [2.45, 2.75) is 39.1 Å². The van der Waals surface area contributed by atoms with Crippen LogP contribution < -0.4 is 15.4 Å². The fraction of sp³-hybridized carbons (Fsp3) is 0.600. The van der Waals surface area contributed by atoms with Gasteiger partial charge in [-0.3, -0.25) is 4.79 Å². The van der Waals surface area contributed by atoms with Gasteiger partial charge in [-0.15, -0.1) is 24.0 Å². The Morgan fingerprint density at radius 1 is 1.16 bits per heavy atom. The largest absolute Gasteiger partial charge is 0.488 e. The standard InChI is InChI=1S/C20H31F3N4O3.HI/c1-19(2,3)30-15-8-7-14(16(11-15)20(21,22)23)12-25-18(24-9-10-29-6)26-13-17(28)27(4)5;/h7-8,11H,9-10,12-13H2,1-6H3,(H2,24,25,26);1H. The Balaban J connectivity index is 0.00000900. The highest BCUT2D eigenvalue weighted by Crippen LogP contribution is 2.35. The van der Waals surface area contributed by atoms with Crippen LogP contribution in [0.3, 0.4) is 0 Å². The Hall–Kier alpha value is -1.76. The summed E-state index contributed by atoms with van der Waals surface area (Å²) < 4.78 is 51.2. The van der Waals surface area contributed by atoms with E-state index in [0.717, 1.165) is 6.07 Å². The van der Waals surface area contributed by atoms with Gasteiger partial charge in [0, 0.05) is 27.7 Å². The van der Waals surface area contributed by atoms with Crippen LogP contribution in [-0.2, 0) is 22.3 Å². The Labute approximate surface area is 198 Å². The number of methoxy groups -OCH3 is 1. The molecular weight excluding hydrogens is 528 g/mol. The molecular formula is C20H32F3IN4O3. The fourth-order valence-corrected chi connectivity index (χ4v) is 2.30. The molecule has 0 saturated heterocycles. The number of aliphatic imine (C=N–C) groups is 1. The van der Waals surface area contributed by atoms with Gasteiger partial charge in [-0.2, -0.15) is 13.2 Å². The summed E-state index contributed by atoms with van der Waals surface area (Å²) in [5, 5.41) is 5.74. The van der Waals surface area contributed by atoms with Gasteiger partial charge in [-0.05, 0) is 38.5 Å². The molecule has 1 rings (SSSR count). The van der Waals surface area contributed by atoms with Crippen LogP contribution >= 0.6 is 24.0 Å². The second-order valence-corrected chi connectivity index (χ2v) is 7.76. The van der Waals surface area contributed by atoms with E-state index in [0.29, 0.717) is 13.2 Å². The molecule has 11 heteroatoms. The molecule has 0 spiro atoms. The minimum atomic E-state index is -4.56. The van der Waals surface area contributed by atoms with Gasteiger partial charge in [-0.25, -0.2) is 4.99 Å². The molecule has 1 aromatic rings. The molecule has 0 atom stereocenters. The van der Waals surface area contributed by atoms with E-state index in [1.165, 1.54) is 24.1 Å². The average molecular weight is 560 g/mol. The highest BCUT2D eigenvalue weighted by Gasteiger charge is 2.34. The lowest BCUT2D eigenvalue weighted by Gasteiger charge is -2.22. The van der Waals surface area contributed by atoms with Crippen molar-refractivity contribution in [3.63, 3.8) is 0 Å². The lowest BCUT2D eigenvalue weighted by atomic mass is 10.1. The van der Waals surface area contributed by atoms with Crippen LogP contribution in [0.2, 0.25) is 0 Å². The summed E-state index contributed by atoms with van der Waals surface area (Å²) in [6.45, 7) is 5.75. The number of ether oxygens (including phenoxy) is 2. The van der Waals surface area contributed by atoms with Crippen molar-refractivity contribution >= 4 is 35.8 Å². The highest BCUT2D eigenvalue weighted by molar-refractivity contribution is 14.0. The van der Waals surface area contributed by atoms with E-state index in [9.17, 15) is 18.0 Å². The number of carbonyl (C=O) groups is 1. The van der Waals surface area contributed by atoms with Gasteiger partial charge in [0.1, 0.15) is 11.4 Å². The molecule has 2 N–H and O–H groups in total. The third kappa shape index (κ3) is 11.4. The summed E-state index contributed by atoms with van der Waals surface area (Å²) in [6.07, 6.45) is -4.56. The number of alkyl halides is 3. The first kappa shape index (κ1) is 29.2. The van der Waals surface area contributed by atoms with Gasteiger partial charge in [0.15, 0.2) is 5.96 Å². The summed E-state index contributed by atoms with van der Waals surface area (Å²) in [5.41, 5.74) is -1.44. The van der Waals surface area contributed by atoms with E-state index in [1.54, 1.807) is 34.9 Å². The van der Waals surface area contributed by atoms with Crippen LogP contribution in [0.4, 0.5) is 13.2 Å². The Bertz CT molecular complexity index is 735. The summed E-state index contributed by atoms with van der Waals surface area (Å²) >= 11 is 0. The van der Waals surface area contributed by atoms with Crippen molar-refractivity contribution in [3.8, 4) is 5.75 Å². The third-order valence-corrected chi connectivity index (χ3v) is 3.72. The summed E-state index contributed by atoms with van der Waals surface area (Å²) in [4.78, 5) is 17.4. The number of benzene rings is 1. The van der Waals surface area contributed by atoms with Crippen LogP contribution in [0.1, 0.15) is 31.9 Å². The molecule has 0 saturated carbocycles. The summed E-state index contributed by atoms with van der Waals surface area (Å²) in [7, 11) is 4.74. The second kappa shape index (κ2) is 12.9. The molecule has 0 aliphatic rings. The number of likely N-dealkylation sites (N-methyl/N-ethyl adjacent to an activating group) is 1. The van der Waals surface area contributed by atoms with Crippen molar-refractivity contribution in [3.05, 3.63) is 29.3 Å². The first-order chi connectivity index (χ1) is 13.8. The summed E-state index contributed by atoms with van der Waals surface area (Å²) in [6, 6.07) is 3.83. The fourth-order valence-electron chi connectivity index (χ4n) is 2.30.